The summed E-state index contributed by atoms with van der Waals surface area (Å²) in [4.78, 5) is 0. The predicted molar refractivity (Wildman–Crippen MR) is 92.8 cm³/mol. The van der Waals surface area contributed by atoms with E-state index >= 15 is 0 Å². The molecule has 0 saturated heterocycles. The van der Waals surface area contributed by atoms with Crippen LogP contribution in [0.1, 0.15) is 65.7 Å². The summed E-state index contributed by atoms with van der Waals surface area (Å²) < 4.78 is 19.4. The fourth-order valence-corrected chi connectivity index (χ4v) is 4.90. The van der Waals surface area contributed by atoms with Crippen LogP contribution in [-0.2, 0) is 9.09 Å². The van der Waals surface area contributed by atoms with Crippen molar-refractivity contribution >= 4 is 12.7 Å². The van der Waals surface area contributed by atoms with Gasteiger partial charge in [0.15, 0.2) is 0 Å². The summed E-state index contributed by atoms with van der Waals surface area (Å²) >= 11 is 0. The first-order valence-corrected chi connectivity index (χ1v) is 10.1. The standard InChI is InChI=1S/C18H31O2P/c1-4-6-8-10-13-17(3)21(19,20-16-7-5-2)18-14-11-9-12-15-18/h9,11-12,14-15,17H,4-8,10,13,16H2,1-3H3/t17-,21-/m1/s1. The predicted octanol–water partition coefficient (Wildman–Crippen LogP) is 5.77. The fraction of sp³-hybridized carbons (Fsp3) is 0.667. The molecule has 1 rings (SSSR count). The first-order chi connectivity index (χ1) is 10.1. The minimum absolute atomic E-state index is 0.105. The summed E-state index contributed by atoms with van der Waals surface area (Å²) in [5.41, 5.74) is 0.105. The van der Waals surface area contributed by atoms with E-state index in [0.29, 0.717) is 6.61 Å². The summed E-state index contributed by atoms with van der Waals surface area (Å²) in [6, 6.07) is 9.78. The maximum atomic E-state index is 13.4. The molecule has 0 aliphatic rings. The molecule has 0 spiro atoms. The topological polar surface area (TPSA) is 26.3 Å². The van der Waals surface area contributed by atoms with E-state index in [2.05, 4.69) is 20.8 Å². The lowest BCUT2D eigenvalue weighted by Crippen LogP contribution is -2.18. The molecule has 3 heteroatoms. The van der Waals surface area contributed by atoms with Crippen LogP contribution in [0.4, 0.5) is 0 Å². The first-order valence-electron chi connectivity index (χ1n) is 8.45. The van der Waals surface area contributed by atoms with Crippen LogP contribution in [0.15, 0.2) is 30.3 Å². The maximum absolute atomic E-state index is 13.4. The average molecular weight is 310 g/mol. The third-order valence-corrected chi connectivity index (χ3v) is 6.96. The molecule has 0 aliphatic heterocycles. The van der Waals surface area contributed by atoms with Gasteiger partial charge in [-0.3, -0.25) is 4.57 Å². The lowest BCUT2D eigenvalue weighted by atomic mass is 10.1. The summed E-state index contributed by atoms with van der Waals surface area (Å²) in [5.74, 6) is 0. The van der Waals surface area contributed by atoms with Crippen molar-refractivity contribution in [1.82, 2.24) is 0 Å². The average Bonchev–Trinajstić information content (AvgIpc) is 2.52. The van der Waals surface area contributed by atoms with Gasteiger partial charge in [-0.2, -0.15) is 0 Å². The third kappa shape index (κ3) is 5.96. The van der Waals surface area contributed by atoms with E-state index < -0.39 is 7.37 Å². The molecular formula is C18H31O2P. The Morgan fingerprint density at radius 2 is 1.67 bits per heavy atom. The number of benzene rings is 1. The van der Waals surface area contributed by atoms with Crippen molar-refractivity contribution in [2.24, 2.45) is 0 Å². The van der Waals surface area contributed by atoms with Crippen molar-refractivity contribution in [3.8, 4) is 0 Å². The highest BCUT2D eigenvalue weighted by Crippen LogP contribution is 2.52. The minimum Gasteiger partial charge on any atom is -0.325 e. The van der Waals surface area contributed by atoms with Gasteiger partial charge in [0.25, 0.3) is 0 Å². The van der Waals surface area contributed by atoms with Gasteiger partial charge in [-0.1, -0.05) is 71.1 Å². The molecule has 1 aromatic carbocycles. The van der Waals surface area contributed by atoms with Gasteiger partial charge in [0.05, 0.1) is 6.61 Å². The van der Waals surface area contributed by atoms with Gasteiger partial charge in [-0.25, -0.2) is 0 Å². The van der Waals surface area contributed by atoms with Gasteiger partial charge < -0.3 is 4.52 Å². The van der Waals surface area contributed by atoms with Gasteiger partial charge in [0, 0.05) is 11.0 Å². The van der Waals surface area contributed by atoms with Gasteiger partial charge in [0.1, 0.15) is 0 Å². The zero-order chi connectivity index (χ0) is 15.6. The molecule has 2 atom stereocenters. The molecule has 0 aromatic heterocycles. The molecule has 120 valence electrons. The van der Waals surface area contributed by atoms with Gasteiger partial charge >= 0.3 is 0 Å². The second kappa shape index (κ2) is 10.2. The molecule has 2 nitrogen and oxygen atoms in total. The summed E-state index contributed by atoms with van der Waals surface area (Å²) in [7, 11) is -2.74. The van der Waals surface area contributed by atoms with Crippen molar-refractivity contribution < 1.29 is 9.09 Å². The third-order valence-electron chi connectivity index (χ3n) is 3.95. The SMILES string of the molecule is CCCCCC[C@@H](C)[P@@](=O)(OCCCC)c1ccccc1. The Morgan fingerprint density at radius 1 is 1.00 bits per heavy atom. The molecule has 0 radical (unpaired) electrons. The molecule has 1 aromatic rings. The number of hydrogen-bond donors (Lipinski definition) is 0. The van der Waals surface area contributed by atoms with Crippen LogP contribution < -0.4 is 5.30 Å². The van der Waals surface area contributed by atoms with E-state index in [0.717, 1.165) is 31.0 Å². The fourth-order valence-electron chi connectivity index (χ4n) is 2.47. The van der Waals surface area contributed by atoms with Crippen LogP contribution in [-0.4, -0.2) is 12.3 Å². The molecular weight excluding hydrogens is 279 g/mol. The summed E-state index contributed by atoms with van der Waals surface area (Å²) in [5, 5.41) is 0.879. The molecule has 0 N–H and O–H groups in total. The largest absolute Gasteiger partial charge is 0.325 e. The molecule has 0 bridgehead atoms. The first kappa shape index (κ1) is 18.5. The number of unbranched alkanes of at least 4 members (excludes halogenated alkanes) is 4. The zero-order valence-corrected chi connectivity index (χ0v) is 14.8. The number of hydrogen-bond acceptors (Lipinski definition) is 2. The van der Waals surface area contributed by atoms with E-state index in [1.165, 1.54) is 19.3 Å². The van der Waals surface area contributed by atoms with Crippen LogP contribution in [0.5, 0.6) is 0 Å². The van der Waals surface area contributed by atoms with Gasteiger partial charge in [0.2, 0.25) is 7.37 Å². The second-order valence-electron chi connectivity index (χ2n) is 5.82. The quantitative estimate of drug-likeness (QED) is 0.383. The summed E-state index contributed by atoms with van der Waals surface area (Å²) in [6.07, 6.45) is 7.89. The van der Waals surface area contributed by atoms with Crippen LogP contribution in [0, 0.1) is 0 Å². The molecule has 0 fully saturated rings. The molecule has 0 heterocycles. The lowest BCUT2D eigenvalue weighted by molar-refractivity contribution is 0.305. The zero-order valence-electron chi connectivity index (χ0n) is 13.9. The van der Waals surface area contributed by atoms with Crippen LogP contribution in [0.25, 0.3) is 0 Å². The molecule has 0 saturated carbocycles. The summed E-state index contributed by atoms with van der Waals surface area (Å²) in [6.45, 7) is 7.03. The van der Waals surface area contributed by atoms with E-state index in [9.17, 15) is 4.57 Å². The van der Waals surface area contributed by atoms with E-state index in [1.807, 2.05) is 30.3 Å². The molecule has 21 heavy (non-hydrogen) atoms. The smallest absolute Gasteiger partial charge is 0.234 e. The lowest BCUT2D eigenvalue weighted by Gasteiger charge is -2.25. The Labute approximate surface area is 130 Å². The number of rotatable bonds is 11. The van der Waals surface area contributed by atoms with Crippen LogP contribution >= 0.6 is 7.37 Å². The van der Waals surface area contributed by atoms with Gasteiger partial charge in [-0.15, -0.1) is 0 Å². The van der Waals surface area contributed by atoms with Gasteiger partial charge in [-0.05, 0) is 25.0 Å². The Hall–Kier alpha value is -0.590. The Morgan fingerprint density at radius 3 is 2.29 bits per heavy atom. The van der Waals surface area contributed by atoms with Crippen molar-refractivity contribution in [3.05, 3.63) is 30.3 Å². The molecule has 0 aliphatic carbocycles. The highest BCUT2D eigenvalue weighted by atomic mass is 31.2. The van der Waals surface area contributed by atoms with Crippen molar-refractivity contribution in [1.29, 1.82) is 0 Å². The van der Waals surface area contributed by atoms with Crippen molar-refractivity contribution in [2.75, 3.05) is 6.61 Å². The Balaban J connectivity index is 2.74. The highest BCUT2D eigenvalue weighted by Gasteiger charge is 2.32. The minimum atomic E-state index is -2.74. The monoisotopic (exact) mass is 310 g/mol. The second-order valence-corrected chi connectivity index (χ2v) is 8.67. The van der Waals surface area contributed by atoms with Crippen LogP contribution in [0.2, 0.25) is 0 Å². The normalized spacial score (nSPS) is 15.6. The van der Waals surface area contributed by atoms with Crippen molar-refractivity contribution in [2.45, 2.75) is 71.4 Å². The van der Waals surface area contributed by atoms with Crippen LogP contribution in [0.3, 0.4) is 0 Å². The van der Waals surface area contributed by atoms with E-state index in [-0.39, 0.29) is 5.66 Å². The Kier molecular flexibility index (Phi) is 8.96. The Bertz CT molecular complexity index is 416. The van der Waals surface area contributed by atoms with E-state index in [1.54, 1.807) is 0 Å². The molecule has 0 unspecified atom stereocenters. The van der Waals surface area contributed by atoms with Crippen molar-refractivity contribution in [3.63, 3.8) is 0 Å². The maximum Gasteiger partial charge on any atom is 0.234 e. The highest BCUT2D eigenvalue weighted by molar-refractivity contribution is 7.67. The molecule has 0 amide bonds. The van der Waals surface area contributed by atoms with E-state index in [4.69, 9.17) is 4.52 Å².